The summed E-state index contributed by atoms with van der Waals surface area (Å²) in [5.41, 5.74) is 1.52. The first kappa shape index (κ1) is 20.0. The van der Waals surface area contributed by atoms with Crippen LogP contribution in [0.5, 0.6) is 11.5 Å². The lowest BCUT2D eigenvalue weighted by Crippen LogP contribution is -2.32. The molecule has 28 heavy (non-hydrogen) atoms. The second-order valence-corrected chi connectivity index (χ2v) is 6.75. The van der Waals surface area contributed by atoms with Crippen molar-refractivity contribution in [2.45, 2.75) is 38.8 Å². The van der Waals surface area contributed by atoms with E-state index in [4.69, 9.17) is 14.2 Å². The fourth-order valence-electron chi connectivity index (χ4n) is 3.02. The molecule has 0 bridgehead atoms. The molecule has 0 spiro atoms. The molecule has 6 heteroatoms. The lowest BCUT2D eigenvalue weighted by Gasteiger charge is -2.17. The van der Waals surface area contributed by atoms with Crippen molar-refractivity contribution in [1.82, 2.24) is 0 Å². The number of ether oxygens (including phenoxy) is 3. The first-order chi connectivity index (χ1) is 13.7. The van der Waals surface area contributed by atoms with Crippen LogP contribution in [0.15, 0.2) is 48.5 Å². The van der Waals surface area contributed by atoms with Gasteiger partial charge in [-0.25, -0.2) is 0 Å². The minimum Gasteiger partial charge on any atom is -0.492 e. The van der Waals surface area contributed by atoms with Gasteiger partial charge in [0.2, 0.25) is 5.91 Å². The average molecular weight is 384 g/mol. The molecule has 1 heterocycles. The standard InChI is InChI=1S/C22H28N2O4/c1-3-26-21-9-5-4-8-20(21)24-22(25)16(2)23-17-10-12-18(13-11-17)28-15-19-7-6-14-27-19/h4-5,8-13,16,19,23H,3,6-7,14-15H2,1-2H3,(H,24,25). The van der Waals surface area contributed by atoms with Crippen LogP contribution in [0, 0.1) is 0 Å². The van der Waals surface area contributed by atoms with Gasteiger partial charge in [-0.2, -0.15) is 0 Å². The molecule has 1 fully saturated rings. The van der Waals surface area contributed by atoms with Gasteiger partial charge >= 0.3 is 0 Å². The highest BCUT2D eigenvalue weighted by Crippen LogP contribution is 2.24. The molecule has 2 aromatic rings. The third-order valence-corrected chi connectivity index (χ3v) is 4.54. The molecule has 1 aliphatic heterocycles. The minimum absolute atomic E-state index is 0.133. The third-order valence-electron chi connectivity index (χ3n) is 4.54. The molecule has 150 valence electrons. The molecule has 0 aromatic heterocycles. The van der Waals surface area contributed by atoms with E-state index in [-0.39, 0.29) is 12.0 Å². The van der Waals surface area contributed by atoms with Gasteiger partial charge in [0.15, 0.2) is 0 Å². The van der Waals surface area contributed by atoms with Gasteiger partial charge in [-0.05, 0) is 63.1 Å². The Labute approximate surface area is 166 Å². The molecule has 0 aliphatic carbocycles. The molecular weight excluding hydrogens is 356 g/mol. The van der Waals surface area contributed by atoms with Crippen molar-refractivity contribution in [3.05, 3.63) is 48.5 Å². The Balaban J connectivity index is 1.50. The van der Waals surface area contributed by atoms with Gasteiger partial charge in [0, 0.05) is 12.3 Å². The number of rotatable bonds is 9. The maximum Gasteiger partial charge on any atom is 0.246 e. The van der Waals surface area contributed by atoms with Crippen molar-refractivity contribution in [2.75, 3.05) is 30.5 Å². The van der Waals surface area contributed by atoms with Gasteiger partial charge in [0.05, 0.1) is 18.4 Å². The van der Waals surface area contributed by atoms with E-state index in [1.807, 2.05) is 62.4 Å². The molecule has 0 saturated carbocycles. The summed E-state index contributed by atoms with van der Waals surface area (Å²) in [5.74, 6) is 1.33. The van der Waals surface area contributed by atoms with Crippen LogP contribution in [-0.4, -0.2) is 37.9 Å². The van der Waals surface area contributed by atoms with E-state index < -0.39 is 6.04 Å². The van der Waals surface area contributed by atoms with Crippen LogP contribution in [0.25, 0.3) is 0 Å². The van der Waals surface area contributed by atoms with Crippen molar-refractivity contribution in [3.63, 3.8) is 0 Å². The zero-order valence-electron chi connectivity index (χ0n) is 16.4. The van der Waals surface area contributed by atoms with Crippen LogP contribution < -0.4 is 20.1 Å². The second kappa shape index (κ2) is 9.99. The number of carbonyl (C=O) groups excluding carboxylic acids is 1. The van der Waals surface area contributed by atoms with Crippen LogP contribution in [0.1, 0.15) is 26.7 Å². The Kier molecular flexibility index (Phi) is 7.14. The minimum atomic E-state index is -0.409. The predicted octanol–water partition coefficient (Wildman–Crippen LogP) is 4.08. The summed E-state index contributed by atoms with van der Waals surface area (Å²) in [4.78, 5) is 12.5. The Morgan fingerprint density at radius 2 is 1.96 bits per heavy atom. The van der Waals surface area contributed by atoms with Gasteiger partial charge in [-0.15, -0.1) is 0 Å². The maximum atomic E-state index is 12.5. The zero-order chi connectivity index (χ0) is 19.8. The number of hydrogen-bond donors (Lipinski definition) is 2. The summed E-state index contributed by atoms with van der Waals surface area (Å²) < 4.78 is 16.9. The van der Waals surface area contributed by atoms with E-state index >= 15 is 0 Å². The van der Waals surface area contributed by atoms with E-state index in [1.165, 1.54) is 0 Å². The summed E-state index contributed by atoms with van der Waals surface area (Å²) in [6.45, 7) is 5.68. The fourth-order valence-corrected chi connectivity index (χ4v) is 3.02. The van der Waals surface area contributed by atoms with E-state index in [2.05, 4.69) is 10.6 Å². The van der Waals surface area contributed by atoms with Crippen molar-refractivity contribution >= 4 is 17.3 Å². The summed E-state index contributed by atoms with van der Waals surface area (Å²) in [6, 6.07) is 14.6. The molecule has 2 aromatic carbocycles. The SMILES string of the molecule is CCOc1ccccc1NC(=O)C(C)Nc1ccc(OCC2CCCO2)cc1. The van der Waals surface area contributed by atoms with Crippen LogP contribution in [0.4, 0.5) is 11.4 Å². The number of hydrogen-bond acceptors (Lipinski definition) is 5. The maximum absolute atomic E-state index is 12.5. The number of amides is 1. The number of carbonyl (C=O) groups is 1. The van der Waals surface area contributed by atoms with Crippen LogP contribution in [-0.2, 0) is 9.53 Å². The number of anilines is 2. The predicted molar refractivity (Wildman–Crippen MR) is 110 cm³/mol. The normalized spacial score (nSPS) is 17.0. The largest absolute Gasteiger partial charge is 0.492 e. The molecule has 1 aliphatic rings. The first-order valence-corrected chi connectivity index (χ1v) is 9.79. The Morgan fingerprint density at radius 1 is 1.18 bits per heavy atom. The Hall–Kier alpha value is -2.73. The molecule has 1 amide bonds. The third kappa shape index (κ3) is 5.63. The van der Waals surface area contributed by atoms with Crippen molar-refractivity contribution in [1.29, 1.82) is 0 Å². The van der Waals surface area contributed by atoms with Gasteiger partial charge in [-0.3, -0.25) is 4.79 Å². The molecule has 6 nitrogen and oxygen atoms in total. The van der Waals surface area contributed by atoms with E-state index in [1.54, 1.807) is 0 Å². The topological polar surface area (TPSA) is 68.8 Å². The highest BCUT2D eigenvalue weighted by molar-refractivity contribution is 5.97. The quantitative estimate of drug-likeness (QED) is 0.682. The van der Waals surface area contributed by atoms with E-state index in [9.17, 15) is 4.79 Å². The molecule has 1 saturated heterocycles. The van der Waals surface area contributed by atoms with Crippen molar-refractivity contribution in [2.24, 2.45) is 0 Å². The zero-order valence-corrected chi connectivity index (χ0v) is 16.4. The van der Waals surface area contributed by atoms with Crippen molar-refractivity contribution < 1.29 is 19.0 Å². The Bertz CT molecular complexity index is 757. The van der Waals surface area contributed by atoms with E-state index in [0.717, 1.165) is 30.9 Å². The van der Waals surface area contributed by atoms with Crippen molar-refractivity contribution in [3.8, 4) is 11.5 Å². The number of nitrogens with one attached hydrogen (secondary N) is 2. The second-order valence-electron chi connectivity index (χ2n) is 6.75. The molecule has 3 rings (SSSR count). The summed E-state index contributed by atoms with van der Waals surface area (Å²) in [5, 5.41) is 6.12. The molecule has 2 unspecified atom stereocenters. The monoisotopic (exact) mass is 384 g/mol. The van der Waals surface area contributed by atoms with Crippen LogP contribution >= 0.6 is 0 Å². The Morgan fingerprint density at radius 3 is 2.68 bits per heavy atom. The van der Waals surface area contributed by atoms with Gasteiger partial charge in [-0.1, -0.05) is 12.1 Å². The highest BCUT2D eigenvalue weighted by Gasteiger charge is 2.17. The number of benzene rings is 2. The van der Waals surface area contributed by atoms with Gasteiger partial charge < -0.3 is 24.8 Å². The lowest BCUT2D eigenvalue weighted by molar-refractivity contribution is -0.116. The number of para-hydroxylation sites is 2. The summed E-state index contributed by atoms with van der Waals surface area (Å²) in [6.07, 6.45) is 2.35. The molecular formula is C22H28N2O4. The first-order valence-electron chi connectivity index (χ1n) is 9.79. The fraction of sp³-hybridized carbons (Fsp3) is 0.409. The van der Waals surface area contributed by atoms with Gasteiger partial charge in [0.1, 0.15) is 24.1 Å². The molecule has 2 atom stereocenters. The lowest BCUT2D eigenvalue weighted by atomic mass is 10.2. The highest BCUT2D eigenvalue weighted by atomic mass is 16.5. The summed E-state index contributed by atoms with van der Waals surface area (Å²) >= 11 is 0. The smallest absolute Gasteiger partial charge is 0.246 e. The van der Waals surface area contributed by atoms with Crippen LogP contribution in [0.3, 0.4) is 0 Å². The van der Waals surface area contributed by atoms with E-state index in [0.29, 0.717) is 24.7 Å². The average Bonchev–Trinajstić information content (AvgIpc) is 3.23. The molecule has 0 radical (unpaired) electrons. The van der Waals surface area contributed by atoms with Crippen LogP contribution in [0.2, 0.25) is 0 Å². The molecule has 2 N–H and O–H groups in total. The van der Waals surface area contributed by atoms with Gasteiger partial charge in [0.25, 0.3) is 0 Å². The summed E-state index contributed by atoms with van der Waals surface area (Å²) in [7, 11) is 0.